The van der Waals surface area contributed by atoms with Crippen LogP contribution in [-0.4, -0.2) is 72.7 Å². The van der Waals surface area contributed by atoms with Gasteiger partial charge in [-0.2, -0.15) is 0 Å². The zero-order valence-corrected chi connectivity index (χ0v) is 17.6. The van der Waals surface area contributed by atoms with Crippen LogP contribution >= 0.6 is 0 Å². The molecule has 0 radical (unpaired) electrons. The number of hydrogen-bond donors (Lipinski definition) is 1. The second kappa shape index (κ2) is 8.49. The number of hydrogen-bond acceptors (Lipinski definition) is 7. The quantitative estimate of drug-likeness (QED) is 0.811. The second-order valence-corrected chi connectivity index (χ2v) is 8.15. The molecule has 8 nitrogen and oxygen atoms in total. The zero-order valence-electron chi connectivity index (χ0n) is 17.6. The van der Waals surface area contributed by atoms with Gasteiger partial charge in [-0.25, -0.2) is 4.39 Å². The number of carbonyl (C=O) groups excluding carboxylic acids is 1. The number of fused-ring (bicyclic) bond motifs is 1. The number of methoxy groups -OCH3 is 1. The first-order valence-corrected chi connectivity index (χ1v) is 10.4. The van der Waals surface area contributed by atoms with Gasteiger partial charge in [0.15, 0.2) is 11.5 Å². The van der Waals surface area contributed by atoms with Gasteiger partial charge >= 0.3 is 0 Å². The minimum absolute atomic E-state index is 0.0656. The van der Waals surface area contributed by atoms with Crippen LogP contribution in [0.25, 0.3) is 11.0 Å². The molecule has 3 heterocycles. The fourth-order valence-electron chi connectivity index (χ4n) is 4.50. The lowest BCUT2D eigenvalue weighted by Gasteiger charge is -2.37. The summed E-state index contributed by atoms with van der Waals surface area (Å²) in [5, 5.41) is 14.1. The number of aromatic nitrogens is 1. The number of ether oxygens (including phenoxy) is 2. The Hall–Kier alpha value is -2.23. The van der Waals surface area contributed by atoms with Crippen molar-refractivity contribution in [2.45, 2.75) is 51.6 Å². The second-order valence-electron chi connectivity index (χ2n) is 8.15. The van der Waals surface area contributed by atoms with E-state index in [1.807, 2.05) is 18.7 Å². The van der Waals surface area contributed by atoms with Crippen LogP contribution in [0.3, 0.4) is 0 Å². The molecule has 0 unspecified atom stereocenters. The molecule has 2 aliphatic rings. The number of morpholine rings is 1. The maximum absolute atomic E-state index is 15.5. The van der Waals surface area contributed by atoms with E-state index in [4.69, 9.17) is 14.0 Å². The van der Waals surface area contributed by atoms with Gasteiger partial charge in [0.25, 0.3) is 5.91 Å². The first-order valence-electron chi connectivity index (χ1n) is 10.4. The normalized spacial score (nSPS) is 23.4. The minimum Gasteiger partial charge on any atom is -0.392 e. The Bertz CT molecular complexity index is 915. The molecule has 1 aromatic heterocycles. The number of amides is 1. The van der Waals surface area contributed by atoms with E-state index in [0.29, 0.717) is 31.7 Å². The van der Waals surface area contributed by atoms with E-state index in [2.05, 4.69) is 5.16 Å². The van der Waals surface area contributed by atoms with E-state index < -0.39 is 5.82 Å². The Labute approximate surface area is 174 Å². The number of benzene rings is 1. The summed E-state index contributed by atoms with van der Waals surface area (Å²) in [6.07, 6.45) is 1.48. The smallest absolute Gasteiger partial charge is 0.276 e. The molecular formula is C21H28FN3O5. The monoisotopic (exact) mass is 421 g/mol. The van der Waals surface area contributed by atoms with Crippen LogP contribution in [0.4, 0.5) is 10.1 Å². The summed E-state index contributed by atoms with van der Waals surface area (Å²) in [4.78, 5) is 16.5. The third-order valence-corrected chi connectivity index (χ3v) is 5.93. The number of rotatable bonds is 4. The molecule has 2 fully saturated rings. The Morgan fingerprint density at radius 1 is 1.30 bits per heavy atom. The van der Waals surface area contributed by atoms with Crippen molar-refractivity contribution in [1.82, 2.24) is 10.1 Å². The fourth-order valence-corrected chi connectivity index (χ4v) is 4.50. The third kappa shape index (κ3) is 3.77. The summed E-state index contributed by atoms with van der Waals surface area (Å²) in [5.41, 5.74) is 0.688. The van der Waals surface area contributed by atoms with Crippen molar-refractivity contribution in [2.24, 2.45) is 0 Å². The molecule has 0 aliphatic carbocycles. The SMILES string of the molecule is COC1CCN(C(=O)c2noc3c(F)c(N4C[C@@H](C)O[C@@H](C)C4)c(CO)cc23)CC1. The molecule has 30 heavy (non-hydrogen) atoms. The third-order valence-electron chi connectivity index (χ3n) is 5.93. The number of aliphatic hydroxyl groups excluding tert-OH is 1. The highest BCUT2D eigenvalue weighted by Gasteiger charge is 2.32. The van der Waals surface area contributed by atoms with Gasteiger partial charge in [-0.05, 0) is 32.8 Å². The lowest BCUT2D eigenvalue weighted by Crippen LogP contribution is -2.46. The molecule has 2 saturated heterocycles. The Morgan fingerprint density at radius 3 is 2.57 bits per heavy atom. The number of anilines is 1. The van der Waals surface area contributed by atoms with Gasteiger partial charge in [0.05, 0.1) is 36.0 Å². The molecule has 0 bridgehead atoms. The van der Waals surface area contributed by atoms with Crippen molar-refractivity contribution < 1.29 is 28.3 Å². The first-order chi connectivity index (χ1) is 14.4. The number of nitrogens with zero attached hydrogens (tertiary/aromatic N) is 3. The number of carbonyl (C=O) groups is 1. The largest absolute Gasteiger partial charge is 0.392 e. The summed E-state index contributed by atoms with van der Waals surface area (Å²) >= 11 is 0. The standard InChI is InChI=1S/C21H28FN3O5/c1-12-9-25(10-13(2)29-12)19-14(11-26)8-16-18(23-30-20(16)17(19)22)21(27)24-6-4-15(28-3)5-7-24/h8,12-13,15,26H,4-7,9-11H2,1-3H3/t12-,13+. The molecule has 1 amide bonds. The lowest BCUT2D eigenvalue weighted by atomic mass is 10.0. The van der Waals surface area contributed by atoms with Crippen molar-refractivity contribution in [2.75, 3.05) is 38.2 Å². The van der Waals surface area contributed by atoms with E-state index in [1.165, 1.54) is 0 Å². The van der Waals surface area contributed by atoms with E-state index >= 15 is 4.39 Å². The summed E-state index contributed by atoms with van der Waals surface area (Å²) in [6, 6.07) is 1.62. The van der Waals surface area contributed by atoms with E-state index in [0.717, 1.165) is 12.8 Å². The highest BCUT2D eigenvalue weighted by molar-refractivity contribution is 6.05. The highest BCUT2D eigenvalue weighted by atomic mass is 19.1. The molecular weight excluding hydrogens is 393 g/mol. The van der Waals surface area contributed by atoms with E-state index in [1.54, 1.807) is 18.1 Å². The Balaban J connectivity index is 1.68. The first kappa shape index (κ1) is 21.0. The van der Waals surface area contributed by atoms with Gasteiger partial charge in [-0.3, -0.25) is 4.79 Å². The van der Waals surface area contributed by atoms with Crippen LogP contribution in [0, 0.1) is 5.82 Å². The molecule has 1 N–H and O–H groups in total. The van der Waals surface area contributed by atoms with Crippen LogP contribution < -0.4 is 4.90 Å². The topological polar surface area (TPSA) is 88.3 Å². The zero-order chi connectivity index (χ0) is 21.4. The molecule has 9 heteroatoms. The average molecular weight is 421 g/mol. The van der Waals surface area contributed by atoms with Crippen molar-refractivity contribution in [3.63, 3.8) is 0 Å². The van der Waals surface area contributed by atoms with Crippen molar-refractivity contribution in [1.29, 1.82) is 0 Å². The summed E-state index contributed by atoms with van der Waals surface area (Å²) in [7, 11) is 1.67. The van der Waals surface area contributed by atoms with Crippen molar-refractivity contribution in [3.8, 4) is 0 Å². The van der Waals surface area contributed by atoms with Gasteiger partial charge in [-0.15, -0.1) is 0 Å². The number of piperidine rings is 1. The maximum atomic E-state index is 15.5. The lowest BCUT2D eigenvalue weighted by molar-refractivity contribution is -0.00550. The molecule has 0 spiro atoms. The van der Waals surface area contributed by atoms with Gasteiger partial charge in [0, 0.05) is 38.9 Å². The predicted molar refractivity (Wildman–Crippen MR) is 108 cm³/mol. The molecule has 2 atom stereocenters. The van der Waals surface area contributed by atoms with Gasteiger partial charge in [-0.1, -0.05) is 5.16 Å². The fraction of sp³-hybridized carbons (Fsp3) is 0.619. The molecule has 1 aromatic carbocycles. The van der Waals surface area contributed by atoms with Crippen LogP contribution in [-0.2, 0) is 16.1 Å². The Kier molecular flexibility index (Phi) is 5.95. The van der Waals surface area contributed by atoms with Crippen LogP contribution in [0.2, 0.25) is 0 Å². The number of aliphatic hydroxyl groups is 1. The molecule has 2 aliphatic heterocycles. The predicted octanol–water partition coefficient (Wildman–Crippen LogP) is 2.32. The van der Waals surface area contributed by atoms with Crippen molar-refractivity contribution >= 4 is 22.6 Å². The van der Waals surface area contributed by atoms with E-state index in [9.17, 15) is 9.90 Å². The molecule has 2 aromatic rings. The summed E-state index contributed by atoms with van der Waals surface area (Å²) in [5.74, 6) is -0.907. The molecule has 4 rings (SSSR count). The van der Waals surface area contributed by atoms with Crippen molar-refractivity contribution in [3.05, 3.63) is 23.1 Å². The Morgan fingerprint density at radius 2 is 1.97 bits per heavy atom. The summed E-state index contributed by atoms with van der Waals surface area (Å²) in [6.45, 7) is 5.57. The maximum Gasteiger partial charge on any atom is 0.276 e. The molecule has 0 saturated carbocycles. The summed E-state index contributed by atoms with van der Waals surface area (Å²) < 4.78 is 31.9. The van der Waals surface area contributed by atoms with Crippen LogP contribution in [0.1, 0.15) is 42.7 Å². The van der Waals surface area contributed by atoms with Gasteiger partial charge in [0.1, 0.15) is 0 Å². The van der Waals surface area contributed by atoms with Crippen LogP contribution in [0.15, 0.2) is 10.6 Å². The van der Waals surface area contributed by atoms with Crippen LogP contribution in [0.5, 0.6) is 0 Å². The highest BCUT2D eigenvalue weighted by Crippen LogP contribution is 2.35. The molecule has 164 valence electrons. The minimum atomic E-state index is -0.609. The average Bonchev–Trinajstić information content (AvgIpc) is 3.16. The number of likely N-dealkylation sites (tertiary alicyclic amines) is 1. The van der Waals surface area contributed by atoms with Gasteiger partial charge < -0.3 is 28.9 Å². The number of halogens is 1. The van der Waals surface area contributed by atoms with Gasteiger partial charge in [0.2, 0.25) is 5.58 Å². The van der Waals surface area contributed by atoms with E-state index in [-0.39, 0.29) is 53.2 Å².